The van der Waals surface area contributed by atoms with Gasteiger partial charge in [0, 0.05) is 12.6 Å². The number of para-hydroxylation sites is 2. The SMILES string of the molecule is Cc1nc(NCc2ccc3c(c2)OCO3)cc(Nc2ccccc2OC(C)C)n1. The molecule has 1 aliphatic heterocycles. The average Bonchev–Trinajstić information content (AvgIpc) is 3.15. The fourth-order valence-corrected chi connectivity index (χ4v) is 3.03. The number of aryl methyl sites for hydroxylation is 1. The lowest BCUT2D eigenvalue weighted by Crippen LogP contribution is -2.08. The van der Waals surface area contributed by atoms with Crippen molar-refractivity contribution in [3.8, 4) is 17.2 Å². The Bertz CT molecular complexity index is 1010. The maximum absolute atomic E-state index is 5.88. The van der Waals surface area contributed by atoms with Crippen LogP contribution in [0.25, 0.3) is 0 Å². The van der Waals surface area contributed by atoms with Gasteiger partial charge in [0.2, 0.25) is 6.79 Å². The molecule has 0 atom stereocenters. The van der Waals surface area contributed by atoms with Crippen LogP contribution >= 0.6 is 0 Å². The van der Waals surface area contributed by atoms with Crippen LogP contribution < -0.4 is 24.8 Å². The third-order valence-electron chi connectivity index (χ3n) is 4.26. The fraction of sp³-hybridized carbons (Fsp3) is 0.273. The molecule has 0 radical (unpaired) electrons. The molecular formula is C22H24N4O3. The van der Waals surface area contributed by atoms with Gasteiger partial charge in [-0.3, -0.25) is 0 Å². The maximum Gasteiger partial charge on any atom is 0.231 e. The molecule has 2 heterocycles. The summed E-state index contributed by atoms with van der Waals surface area (Å²) < 4.78 is 16.7. The Hall–Kier alpha value is -3.48. The van der Waals surface area contributed by atoms with Gasteiger partial charge in [0.1, 0.15) is 23.2 Å². The molecule has 0 saturated carbocycles. The number of ether oxygens (including phenoxy) is 3. The number of nitrogens with zero attached hydrogens (tertiary/aromatic N) is 2. The summed E-state index contributed by atoms with van der Waals surface area (Å²) in [6.45, 7) is 6.76. The number of aromatic nitrogens is 2. The maximum atomic E-state index is 5.88. The van der Waals surface area contributed by atoms with Gasteiger partial charge in [-0.25, -0.2) is 9.97 Å². The van der Waals surface area contributed by atoms with Crippen LogP contribution in [0, 0.1) is 6.92 Å². The fourth-order valence-electron chi connectivity index (χ4n) is 3.03. The van der Waals surface area contributed by atoms with Gasteiger partial charge in [-0.1, -0.05) is 18.2 Å². The third-order valence-corrected chi connectivity index (χ3v) is 4.26. The van der Waals surface area contributed by atoms with E-state index in [1.165, 1.54) is 0 Å². The summed E-state index contributed by atoms with van der Waals surface area (Å²) in [6, 6.07) is 15.6. The molecule has 0 spiro atoms. The molecular weight excluding hydrogens is 368 g/mol. The number of rotatable bonds is 7. The molecule has 4 rings (SSSR count). The van der Waals surface area contributed by atoms with Crippen molar-refractivity contribution in [2.45, 2.75) is 33.4 Å². The van der Waals surface area contributed by atoms with Gasteiger partial charge in [-0.15, -0.1) is 0 Å². The Kier molecular flexibility index (Phi) is 5.37. The predicted molar refractivity (Wildman–Crippen MR) is 112 cm³/mol. The van der Waals surface area contributed by atoms with Crippen molar-refractivity contribution in [2.75, 3.05) is 17.4 Å². The van der Waals surface area contributed by atoms with Crippen LogP contribution in [-0.2, 0) is 6.54 Å². The first-order chi connectivity index (χ1) is 14.1. The number of hydrogen-bond acceptors (Lipinski definition) is 7. The van der Waals surface area contributed by atoms with Gasteiger partial charge in [0.05, 0.1) is 11.8 Å². The first-order valence-electron chi connectivity index (χ1n) is 9.57. The van der Waals surface area contributed by atoms with Crippen molar-refractivity contribution >= 4 is 17.3 Å². The second kappa shape index (κ2) is 8.26. The van der Waals surface area contributed by atoms with Gasteiger partial charge in [-0.2, -0.15) is 0 Å². The van der Waals surface area contributed by atoms with Crippen LogP contribution in [0.4, 0.5) is 17.3 Å². The molecule has 3 aromatic rings. The van der Waals surface area contributed by atoms with E-state index in [2.05, 4.69) is 20.6 Å². The Morgan fingerprint density at radius 3 is 2.66 bits per heavy atom. The number of hydrogen-bond donors (Lipinski definition) is 2. The standard InChI is InChI=1S/C22H24N4O3/c1-14(2)29-18-7-5-4-6-17(18)26-22-11-21(24-15(3)25-22)23-12-16-8-9-19-20(10-16)28-13-27-19/h4-11,14H,12-13H2,1-3H3,(H2,23,24,25,26). The summed E-state index contributed by atoms with van der Waals surface area (Å²) >= 11 is 0. The first-order valence-corrected chi connectivity index (χ1v) is 9.57. The van der Waals surface area contributed by atoms with Gasteiger partial charge >= 0.3 is 0 Å². The third kappa shape index (κ3) is 4.68. The van der Waals surface area contributed by atoms with Crippen LogP contribution in [0.3, 0.4) is 0 Å². The lowest BCUT2D eigenvalue weighted by molar-refractivity contribution is 0.174. The zero-order valence-electron chi connectivity index (χ0n) is 16.7. The Labute approximate surface area is 170 Å². The molecule has 0 aliphatic carbocycles. The first kappa shape index (κ1) is 18.9. The zero-order chi connectivity index (χ0) is 20.2. The predicted octanol–water partition coefficient (Wildman–Crippen LogP) is 4.66. The van der Waals surface area contributed by atoms with Gasteiger partial charge < -0.3 is 24.8 Å². The minimum Gasteiger partial charge on any atom is -0.489 e. The van der Waals surface area contributed by atoms with E-state index in [1.54, 1.807) is 0 Å². The van der Waals surface area contributed by atoms with Crippen molar-refractivity contribution in [3.05, 3.63) is 59.9 Å². The van der Waals surface area contributed by atoms with Crippen LogP contribution in [0.2, 0.25) is 0 Å². The van der Waals surface area contributed by atoms with Crippen LogP contribution in [0.5, 0.6) is 17.2 Å². The summed E-state index contributed by atoms with van der Waals surface area (Å²) in [5.74, 6) is 4.44. The summed E-state index contributed by atoms with van der Waals surface area (Å²) in [6.07, 6.45) is 0.0870. The van der Waals surface area contributed by atoms with E-state index in [9.17, 15) is 0 Å². The Morgan fingerprint density at radius 2 is 1.79 bits per heavy atom. The highest BCUT2D eigenvalue weighted by atomic mass is 16.7. The van der Waals surface area contributed by atoms with Crippen molar-refractivity contribution in [2.24, 2.45) is 0 Å². The second-order valence-electron chi connectivity index (χ2n) is 7.01. The highest BCUT2D eigenvalue weighted by Crippen LogP contribution is 2.33. The second-order valence-corrected chi connectivity index (χ2v) is 7.01. The molecule has 0 saturated heterocycles. The lowest BCUT2D eigenvalue weighted by Gasteiger charge is -2.16. The molecule has 7 nitrogen and oxygen atoms in total. The minimum atomic E-state index is 0.0870. The quantitative estimate of drug-likeness (QED) is 0.606. The molecule has 0 amide bonds. The molecule has 0 fully saturated rings. The topological polar surface area (TPSA) is 77.5 Å². The highest BCUT2D eigenvalue weighted by molar-refractivity contribution is 5.65. The number of fused-ring (bicyclic) bond motifs is 1. The van der Waals surface area contributed by atoms with E-state index in [0.717, 1.165) is 34.3 Å². The average molecular weight is 392 g/mol. The molecule has 1 aliphatic rings. The Balaban J connectivity index is 1.48. The molecule has 0 unspecified atom stereocenters. The van der Waals surface area contributed by atoms with E-state index in [0.29, 0.717) is 18.2 Å². The molecule has 29 heavy (non-hydrogen) atoms. The van der Waals surface area contributed by atoms with Gasteiger partial charge in [0.25, 0.3) is 0 Å². The van der Waals surface area contributed by atoms with Crippen LogP contribution in [0.1, 0.15) is 25.2 Å². The minimum absolute atomic E-state index is 0.0870. The van der Waals surface area contributed by atoms with Crippen LogP contribution in [-0.4, -0.2) is 22.9 Å². The van der Waals surface area contributed by atoms with E-state index >= 15 is 0 Å². The smallest absolute Gasteiger partial charge is 0.231 e. The largest absolute Gasteiger partial charge is 0.489 e. The summed E-state index contributed by atoms with van der Waals surface area (Å²) in [5, 5.41) is 6.69. The molecule has 1 aromatic heterocycles. The normalized spacial score (nSPS) is 12.1. The van der Waals surface area contributed by atoms with E-state index in [4.69, 9.17) is 14.2 Å². The molecule has 2 aromatic carbocycles. The highest BCUT2D eigenvalue weighted by Gasteiger charge is 2.13. The molecule has 7 heteroatoms. The Morgan fingerprint density at radius 1 is 1.00 bits per heavy atom. The van der Waals surface area contributed by atoms with E-state index in [1.807, 2.05) is 69.3 Å². The molecule has 2 N–H and O–H groups in total. The number of nitrogens with one attached hydrogen (secondary N) is 2. The van der Waals surface area contributed by atoms with Crippen LogP contribution in [0.15, 0.2) is 48.5 Å². The van der Waals surface area contributed by atoms with Gasteiger partial charge in [0.15, 0.2) is 11.5 Å². The van der Waals surface area contributed by atoms with Gasteiger partial charge in [-0.05, 0) is 50.6 Å². The summed E-state index contributed by atoms with van der Waals surface area (Å²) in [7, 11) is 0. The van der Waals surface area contributed by atoms with Crippen molar-refractivity contribution in [1.29, 1.82) is 0 Å². The van der Waals surface area contributed by atoms with E-state index < -0.39 is 0 Å². The zero-order valence-corrected chi connectivity index (χ0v) is 16.7. The number of benzene rings is 2. The summed E-state index contributed by atoms with van der Waals surface area (Å²) in [5.41, 5.74) is 1.94. The monoisotopic (exact) mass is 392 g/mol. The summed E-state index contributed by atoms with van der Waals surface area (Å²) in [4.78, 5) is 8.98. The van der Waals surface area contributed by atoms with Crippen molar-refractivity contribution < 1.29 is 14.2 Å². The van der Waals surface area contributed by atoms with E-state index in [-0.39, 0.29) is 12.9 Å². The molecule has 150 valence electrons. The van der Waals surface area contributed by atoms with Crippen molar-refractivity contribution in [3.63, 3.8) is 0 Å². The molecule has 0 bridgehead atoms. The lowest BCUT2D eigenvalue weighted by atomic mass is 10.2. The number of anilines is 3. The van der Waals surface area contributed by atoms with Crippen molar-refractivity contribution in [1.82, 2.24) is 9.97 Å².